The molecular formula is C15H13Br2NO. The second kappa shape index (κ2) is 6.35. The number of rotatable bonds is 3. The minimum absolute atomic E-state index is 0.0237. The molecule has 0 heterocycles. The van der Waals surface area contributed by atoms with E-state index < -0.39 is 0 Å². The van der Waals surface area contributed by atoms with Crippen molar-refractivity contribution < 1.29 is 4.79 Å². The average Bonchev–Trinajstić information content (AvgIpc) is 2.35. The maximum Gasteiger partial charge on any atom is 0.228 e. The molecule has 0 aromatic heterocycles. The number of halogens is 2. The van der Waals surface area contributed by atoms with E-state index in [-0.39, 0.29) is 5.91 Å². The number of benzene rings is 2. The molecular weight excluding hydrogens is 370 g/mol. The van der Waals surface area contributed by atoms with Gasteiger partial charge in [0.2, 0.25) is 5.91 Å². The first-order valence-electron chi connectivity index (χ1n) is 5.85. The summed E-state index contributed by atoms with van der Waals surface area (Å²) < 4.78 is 1.91. The molecule has 2 aromatic carbocycles. The average molecular weight is 383 g/mol. The highest BCUT2D eigenvalue weighted by molar-refractivity contribution is 9.11. The first kappa shape index (κ1) is 14.3. The van der Waals surface area contributed by atoms with Crippen LogP contribution in [0.2, 0.25) is 0 Å². The van der Waals surface area contributed by atoms with Crippen molar-refractivity contribution in [3.05, 3.63) is 62.5 Å². The van der Waals surface area contributed by atoms with E-state index in [9.17, 15) is 4.79 Å². The summed E-state index contributed by atoms with van der Waals surface area (Å²) >= 11 is 6.88. The Morgan fingerprint density at radius 1 is 1.16 bits per heavy atom. The molecule has 4 heteroatoms. The fourth-order valence-electron chi connectivity index (χ4n) is 1.77. The van der Waals surface area contributed by atoms with Crippen LogP contribution in [0.25, 0.3) is 0 Å². The Bertz CT molecular complexity index is 611. The highest BCUT2D eigenvalue weighted by Gasteiger charge is 2.08. The zero-order valence-corrected chi connectivity index (χ0v) is 13.6. The Hall–Kier alpha value is -1.13. The molecule has 0 unspecified atom stereocenters. The van der Waals surface area contributed by atoms with E-state index in [0.29, 0.717) is 6.42 Å². The summed E-state index contributed by atoms with van der Waals surface area (Å²) in [6.45, 7) is 1.99. The van der Waals surface area contributed by atoms with E-state index in [1.165, 1.54) is 0 Å². The summed E-state index contributed by atoms with van der Waals surface area (Å²) in [5, 5.41) is 2.92. The summed E-state index contributed by atoms with van der Waals surface area (Å²) in [5.74, 6) is -0.0237. The van der Waals surface area contributed by atoms with Gasteiger partial charge < -0.3 is 5.32 Å². The quantitative estimate of drug-likeness (QED) is 0.818. The third-order valence-corrected chi connectivity index (χ3v) is 4.27. The van der Waals surface area contributed by atoms with Crippen molar-refractivity contribution in [1.82, 2.24) is 0 Å². The molecule has 0 aliphatic rings. The van der Waals surface area contributed by atoms with Gasteiger partial charge in [0.05, 0.1) is 12.1 Å². The largest absolute Gasteiger partial charge is 0.325 e. The van der Waals surface area contributed by atoms with Gasteiger partial charge in [0.1, 0.15) is 0 Å². The van der Waals surface area contributed by atoms with Crippen LogP contribution in [-0.4, -0.2) is 5.91 Å². The van der Waals surface area contributed by atoms with Crippen LogP contribution in [0.4, 0.5) is 5.69 Å². The molecule has 2 aromatic rings. The van der Waals surface area contributed by atoms with Crippen LogP contribution in [0, 0.1) is 6.92 Å². The van der Waals surface area contributed by atoms with Gasteiger partial charge in [-0.05, 0) is 52.2 Å². The fourth-order valence-corrected chi connectivity index (χ4v) is 2.58. The number of hydrogen-bond acceptors (Lipinski definition) is 1. The zero-order valence-electron chi connectivity index (χ0n) is 10.4. The molecule has 2 nitrogen and oxygen atoms in total. The monoisotopic (exact) mass is 381 g/mol. The minimum atomic E-state index is -0.0237. The molecule has 0 saturated carbocycles. The Morgan fingerprint density at radius 2 is 1.89 bits per heavy atom. The van der Waals surface area contributed by atoms with Crippen molar-refractivity contribution in [2.45, 2.75) is 13.3 Å². The SMILES string of the molecule is Cc1cccc(NC(=O)Cc2cccc(Br)c2)c1Br. The van der Waals surface area contributed by atoms with Crippen molar-refractivity contribution in [2.24, 2.45) is 0 Å². The Labute approximate surface area is 129 Å². The van der Waals surface area contributed by atoms with Crippen LogP contribution < -0.4 is 5.32 Å². The predicted octanol–water partition coefficient (Wildman–Crippen LogP) is 4.70. The second-order valence-electron chi connectivity index (χ2n) is 4.29. The van der Waals surface area contributed by atoms with E-state index in [1.54, 1.807) is 0 Å². The summed E-state index contributed by atoms with van der Waals surface area (Å²) in [4.78, 5) is 12.0. The van der Waals surface area contributed by atoms with E-state index in [2.05, 4.69) is 37.2 Å². The molecule has 0 fully saturated rings. The number of hydrogen-bond donors (Lipinski definition) is 1. The smallest absolute Gasteiger partial charge is 0.228 e. The van der Waals surface area contributed by atoms with E-state index in [0.717, 1.165) is 25.8 Å². The van der Waals surface area contributed by atoms with Crippen molar-refractivity contribution >= 4 is 43.5 Å². The molecule has 0 spiro atoms. The molecule has 0 atom stereocenters. The van der Waals surface area contributed by atoms with Gasteiger partial charge >= 0.3 is 0 Å². The van der Waals surface area contributed by atoms with Gasteiger partial charge in [-0.25, -0.2) is 0 Å². The molecule has 19 heavy (non-hydrogen) atoms. The van der Waals surface area contributed by atoms with Gasteiger partial charge in [-0.1, -0.05) is 40.2 Å². The normalized spacial score (nSPS) is 10.3. The van der Waals surface area contributed by atoms with E-state index in [4.69, 9.17) is 0 Å². The number of aryl methyl sites for hydroxylation is 1. The fraction of sp³-hybridized carbons (Fsp3) is 0.133. The molecule has 2 rings (SSSR count). The molecule has 0 aliphatic carbocycles. The third-order valence-electron chi connectivity index (χ3n) is 2.72. The number of carbonyl (C=O) groups is 1. The van der Waals surface area contributed by atoms with Gasteiger partial charge in [0, 0.05) is 8.95 Å². The molecule has 0 radical (unpaired) electrons. The van der Waals surface area contributed by atoms with Crippen molar-refractivity contribution in [3.8, 4) is 0 Å². The molecule has 0 aliphatic heterocycles. The summed E-state index contributed by atoms with van der Waals surface area (Å²) in [6.07, 6.45) is 0.361. The van der Waals surface area contributed by atoms with Crippen molar-refractivity contribution in [3.63, 3.8) is 0 Å². The maximum absolute atomic E-state index is 12.0. The Kier molecular flexibility index (Phi) is 4.77. The number of carbonyl (C=O) groups excluding carboxylic acids is 1. The number of anilines is 1. The lowest BCUT2D eigenvalue weighted by atomic mass is 10.1. The van der Waals surface area contributed by atoms with Crippen LogP contribution in [-0.2, 0) is 11.2 Å². The van der Waals surface area contributed by atoms with Crippen LogP contribution in [0.3, 0.4) is 0 Å². The topological polar surface area (TPSA) is 29.1 Å². The third kappa shape index (κ3) is 3.91. The molecule has 1 N–H and O–H groups in total. The lowest BCUT2D eigenvalue weighted by Crippen LogP contribution is -2.14. The van der Waals surface area contributed by atoms with Crippen molar-refractivity contribution in [1.29, 1.82) is 0 Å². The second-order valence-corrected chi connectivity index (χ2v) is 6.00. The van der Waals surface area contributed by atoms with Gasteiger partial charge in [0.25, 0.3) is 0 Å². The van der Waals surface area contributed by atoms with Crippen LogP contribution in [0.5, 0.6) is 0 Å². The van der Waals surface area contributed by atoms with Crippen LogP contribution in [0.1, 0.15) is 11.1 Å². The summed E-state index contributed by atoms with van der Waals surface area (Å²) in [7, 11) is 0. The number of nitrogens with one attached hydrogen (secondary N) is 1. The molecule has 98 valence electrons. The Morgan fingerprint density at radius 3 is 2.63 bits per heavy atom. The summed E-state index contributed by atoms with van der Waals surface area (Å²) in [6, 6.07) is 13.6. The van der Waals surface area contributed by atoms with E-state index >= 15 is 0 Å². The van der Waals surface area contributed by atoms with Crippen LogP contribution in [0.15, 0.2) is 51.4 Å². The molecule has 0 saturated heterocycles. The van der Waals surface area contributed by atoms with Crippen LogP contribution >= 0.6 is 31.9 Å². The first-order chi connectivity index (χ1) is 9.06. The highest BCUT2D eigenvalue weighted by atomic mass is 79.9. The maximum atomic E-state index is 12.0. The predicted molar refractivity (Wildman–Crippen MR) is 85.4 cm³/mol. The standard InChI is InChI=1S/C15H13Br2NO/c1-10-4-2-7-13(15(10)17)18-14(19)9-11-5-3-6-12(16)8-11/h2-8H,9H2,1H3,(H,18,19). The first-order valence-corrected chi connectivity index (χ1v) is 7.44. The lowest BCUT2D eigenvalue weighted by molar-refractivity contribution is -0.115. The van der Waals surface area contributed by atoms with E-state index in [1.807, 2.05) is 49.4 Å². The highest BCUT2D eigenvalue weighted by Crippen LogP contribution is 2.25. The molecule has 0 bridgehead atoms. The minimum Gasteiger partial charge on any atom is -0.325 e. The van der Waals surface area contributed by atoms with Gasteiger partial charge in [0.15, 0.2) is 0 Å². The Balaban J connectivity index is 2.08. The molecule has 1 amide bonds. The van der Waals surface area contributed by atoms with Gasteiger partial charge in [-0.2, -0.15) is 0 Å². The van der Waals surface area contributed by atoms with Gasteiger partial charge in [-0.15, -0.1) is 0 Å². The zero-order chi connectivity index (χ0) is 13.8. The lowest BCUT2D eigenvalue weighted by Gasteiger charge is -2.09. The summed E-state index contributed by atoms with van der Waals surface area (Å²) in [5.41, 5.74) is 2.89. The number of amides is 1. The van der Waals surface area contributed by atoms with Gasteiger partial charge in [-0.3, -0.25) is 4.79 Å². The van der Waals surface area contributed by atoms with Crippen molar-refractivity contribution in [2.75, 3.05) is 5.32 Å².